The zero-order valence-electron chi connectivity index (χ0n) is 24.7. The second-order valence-corrected chi connectivity index (χ2v) is 12.2. The molecule has 0 spiro atoms. The SMILES string of the molecule is CCN(CC)c1ccc(/C=C2/SC(=O)N(CC(=O)N3CCN(c4ccccc4)CC3)C2=O)c(OCc2ccc(Cl)cc2Cl)c1. The summed E-state index contributed by atoms with van der Waals surface area (Å²) in [5.41, 5.74) is 3.48. The topological polar surface area (TPSA) is 73.4 Å². The second-order valence-electron chi connectivity index (χ2n) is 10.4. The number of para-hydroxylation sites is 1. The smallest absolute Gasteiger partial charge is 0.294 e. The van der Waals surface area contributed by atoms with Crippen molar-refractivity contribution >= 4 is 69.5 Å². The van der Waals surface area contributed by atoms with Crippen molar-refractivity contribution in [1.82, 2.24) is 9.80 Å². The van der Waals surface area contributed by atoms with E-state index in [-0.39, 0.29) is 24.0 Å². The molecule has 2 aliphatic rings. The number of piperazine rings is 1. The van der Waals surface area contributed by atoms with Crippen molar-refractivity contribution in [2.75, 3.05) is 55.6 Å². The average Bonchev–Trinajstić information content (AvgIpc) is 3.29. The molecule has 0 bridgehead atoms. The molecule has 2 fully saturated rings. The summed E-state index contributed by atoms with van der Waals surface area (Å²) in [5, 5.41) is 0.561. The molecule has 44 heavy (non-hydrogen) atoms. The molecule has 2 heterocycles. The number of carbonyl (C=O) groups excluding carboxylic acids is 3. The molecule has 0 N–H and O–H groups in total. The van der Waals surface area contributed by atoms with E-state index in [1.807, 2.05) is 54.6 Å². The molecule has 0 aromatic heterocycles. The molecule has 3 aromatic carbocycles. The van der Waals surface area contributed by atoms with Crippen molar-refractivity contribution in [3.63, 3.8) is 0 Å². The molecular formula is C33H34Cl2N4O4S. The van der Waals surface area contributed by atoms with Crippen LogP contribution in [0.4, 0.5) is 16.2 Å². The standard InChI is InChI=1S/C33H34Cl2N4O4S/c1-3-36(4-2)27-13-11-23(29(20-27)43-22-24-10-12-25(34)19-28(24)35)18-30-32(41)39(33(42)44-30)21-31(40)38-16-14-37(15-17-38)26-8-6-5-7-9-26/h5-13,18-20H,3-4,14-17,21-22H2,1-2H3/b30-18+. The highest BCUT2D eigenvalue weighted by atomic mass is 35.5. The van der Waals surface area contributed by atoms with Gasteiger partial charge in [0.15, 0.2) is 0 Å². The monoisotopic (exact) mass is 652 g/mol. The zero-order valence-corrected chi connectivity index (χ0v) is 27.0. The summed E-state index contributed by atoms with van der Waals surface area (Å²) in [4.78, 5) is 46.8. The van der Waals surface area contributed by atoms with E-state index in [9.17, 15) is 14.4 Å². The van der Waals surface area contributed by atoms with E-state index in [2.05, 4.69) is 23.6 Å². The van der Waals surface area contributed by atoms with Gasteiger partial charge in [-0.3, -0.25) is 19.3 Å². The van der Waals surface area contributed by atoms with Gasteiger partial charge in [0.05, 0.1) is 4.91 Å². The minimum atomic E-state index is -0.490. The van der Waals surface area contributed by atoms with Crippen LogP contribution in [0.15, 0.2) is 71.6 Å². The van der Waals surface area contributed by atoms with Gasteiger partial charge in [-0.25, -0.2) is 0 Å². The lowest BCUT2D eigenvalue weighted by atomic mass is 10.1. The first-order valence-corrected chi connectivity index (χ1v) is 16.1. The third-order valence-electron chi connectivity index (χ3n) is 7.73. The Morgan fingerprint density at radius 3 is 2.36 bits per heavy atom. The third kappa shape index (κ3) is 7.34. The Labute approximate surface area is 272 Å². The van der Waals surface area contributed by atoms with Gasteiger partial charge in [-0.1, -0.05) is 47.5 Å². The summed E-state index contributed by atoms with van der Waals surface area (Å²) < 4.78 is 6.22. The summed E-state index contributed by atoms with van der Waals surface area (Å²) >= 11 is 13.3. The Bertz CT molecular complexity index is 1560. The van der Waals surface area contributed by atoms with Crippen molar-refractivity contribution in [3.05, 3.63) is 92.8 Å². The van der Waals surface area contributed by atoms with Crippen molar-refractivity contribution in [1.29, 1.82) is 0 Å². The number of hydrogen-bond acceptors (Lipinski definition) is 7. The van der Waals surface area contributed by atoms with Gasteiger partial charge >= 0.3 is 0 Å². The molecule has 0 unspecified atom stereocenters. The molecule has 3 amide bonds. The van der Waals surface area contributed by atoms with Gasteiger partial charge in [0.2, 0.25) is 5.91 Å². The fourth-order valence-electron chi connectivity index (χ4n) is 5.21. The Balaban J connectivity index is 1.29. The molecule has 0 atom stereocenters. The highest BCUT2D eigenvalue weighted by molar-refractivity contribution is 8.18. The average molecular weight is 654 g/mol. The molecular weight excluding hydrogens is 619 g/mol. The minimum absolute atomic E-state index is 0.187. The number of amides is 3. The molecule has 8 nitrogen and oxygen atoms in total. The van der Waals surface area contributed by atoms with Crippen LogP contribution in [0.2, 0.25) is 10.0 Å². The van der Waals surface area contributed by atoms with Gasteiger partial charge in [-0.15, -0.1) is 0 Å². The summed E-state index contributed by atoms with van der Waals surface area (Å²) in [7, 11) is 0. The molecule has 5 rings (SSSR count). The lowest BCUT2D eigenvalue weighted by Gasteiger charge is -2.36. The van der Waals surface area contributed by atoms with Gasteiger partial charge in [0, 0.05) is 77.9 Å². The Morgan fingerprint density at radius 1 is 0.955 bits per heavy atom. The van der Waals surface area contributed by atoms with Crippen LogP contribution < -0.4 is 14.5 Å². The molecule has 2 saturated heterocycles. The fraction of sp³-hybridized carbons (Fsp3) is 0.303. The molecule has 3 aromatic rings. The number of carbonyl (C=O) groups is 3. The van der Waals surface area contributed by atoms with Crippen molar-refractivity contribution in [2.24, 2.45) is 0 Å². The quantitative estimate of drug-likeness (QED) is 0.223. The van der Waals surface area contributed by atoms with Crippen LogP contribution in [0.1, 0.15) is 25.0 Å². The Kier molecular flexibility index (Phi) is 10.4. The molecule has 0 aliphatic carbocycles. The normalized spacial score (nSPS) is 16.2. The minimum Gasteiger partial charge on any atom is -0.488 e. The number of hydrogen-bond donors (Lipinski definition) is 0. The Hall–Kier alpha value is -3.66. The maximum atomic E-state index is 13.4. The molecule has 11 heteroatoms. The van der Waals surface area contributed by atoms with Crippen LogP contribution in [0.3, 0.4) is 0 Å². The van der Waals surface area contributed by atoms with E-state index < -0.39 is 11.1 Å². The van der Waals surface area contributed by atoms with E-state index in [1.165, 1.54) is 0 Å². The first kappa shape index (κ1) is 31.8. The summed E-state index contributed by atoms with van der Waals surface area (Å²) in [6, 6.07) is 21.0. The molecule has 0 radical (unpaired) electrons. The number of rotatable bonds is 10. The van der Waals surface area contributed by atoms with Crippen LogP contribution >= 0.6 is 35.0 Å². The number of ether oxygens (including phenoxy) is 1. The van der Waals surface area contributed by atoms with Gasteiger partial charge in [-0.2, -0.15) is 0 Å². The largest absolute Gasteiger partial charge is 0.488 e. The first-order chi connectivity index (χ1) is 21.3. The summed E-state index contributed by atoms with van der Waals surface area (Å²) in [6.45, 7) is 8.10. The van der Waals surface area contributed by atoms with E-state index >= 15 is 0 Å². The first-order valence-electron chi connectivity index (χ1n) is 14.6. The van der Waals surface area contributed by atoms with Crippen molar-refractivity contribution in [2.45, 2.75) is 20.5 Å². The highest BCUT2D eigenvalue weighted by Gasteiger charge is 2.37. The Morgan fingerprint density at radius 2 is 1.68 bits per heavy atom. The molecule has 2 aliphatic heterocycles. The number of halogens is 2. The van der Waals surface area contributed by atoms with Crippen molar-refractivity contribution in [3.8, 4) is 5.75 Å². The molecule has 230 valence electrons. The van der Waals surface area contributed by atoms with E-state index in [0.29, 0.717) is 47.5 Å². The van der Waals surface area contributed by atoms with Crippen LogP contribution in [-0.2, 0) is 16.2 Å². The maximum Gasteiger partial charge on any atom is 0.294 e. The van der Waals surface area contributed by atoms with Gasteiger partial charge in [0.25, 0.3) is 11.1 Å². The van der Waals surface area contributed by atoms with Gasteiger partial charge < -0.3 is 19.4 Å². The lowest BCUT2D eigenvalue weighted by molar-refractivity contribution is -0.136. The van der Waals surface area contributed by atoms with Gasteiger partial charge in [0.1, 0.15) is 18.9 Å². The number of thioether (sulfide) groups is 1. The van der Waals surface area contributed by atoms with Gasteiger partial charge in [-0.05, 0) is 68.1 Å². The fourth-order valence-corrected chi connectivity index (χ4v) is 6.50. The second kappa shape index (κ2) is 14.4. The predicted octanol–water partition coefficient (Wildman–Crippen LogP) is 6.80. The highest BCUT2D eigenvalue weighted by Crippen LogP contribution is 2.36. The van der Waals surface area contributed by atoms with E-state index in [1.54, 1.807) is 23.1 Å². The van der Waals surface area contributed by atoms with Crippen molar-refractivity contribution < 1.29 is 19.1 Å². The lowest BCUT2D eigenvalue weighted by Crippen LogP contribution is -2.51. The maximum absolute atomic E-state index is 13.4. The number of nitrogens with zero attached hydrogens (tertiary/aromatic N) is 4. The van der Waals surface area contributed by atoms with Crippen LogP contribution in [-0.4, -0.2) is 72.7 Å². The van der Waals surface area contributed by atoms with E-state index in [4.69, 9.17) is 27.9 Å². The summed E-state index contributed by atoms with van der Waals surface area (Å²) in [5.74, 6) is -0.191. The zero-order chi connectivity index (χ0) is 31.2. The van der Waals surface area contributed by atoms with Crippen LogP contribution in [0.5, 0.6) is 5.75 Å². The third-order valence-corrected chi connectivity index (χ3v) is 9.23. The number of anilines is 2. The molecule has 0 saturated carbocycles. The van der Waals surface area contributed by atoms with E-state index in [0.717, 1.165) is 46.7 Å². The predicted molar refractivity (Wildman–Crippen MR) is 179 cm³/mol. The van der Waals surface area contributed by atoms with Crippen LogP contribution in [0, 0.1) is 0 Å². The summed E-state index contributed by atoms with van der Waals surface area (Å²) in [6.07, 6.45) is 1.65. The number of benzene rings is 3. The van der Waals surface area contributed by atoms with Crippen LogP contribution in [0.25, 0.3) is 6.08 Å². The number of imide groups is 1.